The van der Waals surface area contributed by atoms with Gasteiger partial charge in [-0.2, -0.15) is 0 Å². The predicted octanol–water partition coefficient (Wildman–Crippen LogP) is 1.84. The van der Waals surface area contributed by atoms with E-state index in [0.717, 1.165) is 0 Å². The van der Waals surface area contributed by atoms with Gasteiger partial charge in [-0.05, 0) is 5.41 Å². The van der Waals surface area contributed by atoms with Crippen molar-refractivity contribution in [1.29, 1.82) is 0 Å². The molecule has 0 saturated carbocycles. The van der Waals surface area contributed by atoms with Crippen molar-refractivity contribution >= 4 is 0 Å². The van der Waals surface area contributed by atoms with E-state index in [-0.39, 0.29) is 5.41 Å². The highest BCUT2D eigenvalue weighted by Crippen LogP contribution is 2.11. The second-order valence-corrected chi connectivity index (χ2v) is 3.13. The monoisotopic (exact) mass is 125 g/mol. The summed E-state index contributed by atoms with van der Waals surface area (Å²) in [6.07, 6.45) is 2.44. The van der Waals surface area contributed by atoms with E-state index in [1.165, 1.54) is 0 Å². The van der Waals surface area contributed by atoms with Gasteiger partial charge in [-0.25, -0.2) is 0 Å². The second kappa shape index (κ2) is 3.40. The van der Waals surface area contributed by atoms with Gasteiger partial charge in [-0.15, -0.1) is 0 Å². The standard InChI is InChI=1S/C8H13O/c1-5-6-9-7-8(2,3)4/h1,7H2,2-4H3. The summed E-state index contributed by atoms with van der Waals surface area (Å²) in [6, 6.07) is 0. The summed E-state index contributed by atoms with van der Waals surface area (Å²) in [5.41, 5.74) is 0.198. The SMILES string of the molecule is [CH2]C#COCC(C)(C)C. The molecule has 0 aromatic heterocycles. The molecule has 0 aliphatic heterocycles. The Balaban J connectivity index is 3.36. The summed E-state index contributed by atoms with van der Waals surface area (Å²) in [5, 5.41) is 0. The van der Waals surface area contributed by atoms with E-state index in [1.807, 2.05) is 0 Å². The molecule has 0 amide bonds. The summed E-state index contributed by atoms with van der Waals surface area (Å²) in [4.78, 5) is 0. The molecule has 0 aliphatic carbocycles. The molecule has 0 aromatic rings. The van der Waals surface area contributed by atoms with Gasteiger partial charge in [-0.3, -0.25) is 0 Å². The molecule has 0 aliphatic rings. The number of rotatable bonds is 1. The molecule has 0 bridgehead atoms. The normalized spacial score (nSPS) is 9.78. The second-order valence-electron chi connectivity index (χ2n) is 3.13. The number of hydrogen-bond acceptors (Lipinski definition) is 1. The van der Waals surface area contributed by atoms with Crippen molar-refractivity contribution in [2.45, 2.75) is 20.8 Å². The highest BCUT2D eigenvalue weighted by Gasteiger charge is 2.08. The smallest absolute Gasteiger partial charge is 0.110 e. The molecule has 0 atom stereocenters. The minimum Gasteiger partial charge on any atom is -0.446 e. The molecule has 9 heavy (non-hydrogen) atoms. The van der Waals surface area contributed by atoms with Crippen molar-refractivity contribution in [2.24, 2.45) is 5.41 Å². The first-order chi connectivity index (χ1) is 4.06. The molecule has 51 valence electrons. The van der Waals surface area contributed by atoms with Crippen LogP contribution in [0.1, 0.15) is 20.8 Å². The van der Waals surface area contributed by atoms with Gasteiger partial charge in [0.1, 0.15) is 12.7 Å². The Morgan fingerprint density at radius 2 is 2.00 bits per heavy atom. The summed E-state index contributed by atoms with van der Waals surface area (Å²) in [5.74, 6) is 2.42. The van der Waals surface area contributed by atoms with Crippen LogP contribution in [-0.2, 0) is 4.74 Å². The van der Waals surface area contributed by atoms with Crippen molar-refractivity contribution in [3.05, 3.63) is 6.92 Å². The maximum atomic E-state index is 4.92. The van der Waals surface area contributed by atoms with Gasteiger partial charge in [0.2, 0.25) is 0 Å². The highest BCUT2D eigenvalue weighted by molar-refractivity contribution is 4.94. The molecule has 0 fully saturated rings. The average molecular weight is 125 g/mol. The van der Waals surface area contributed by atoms with Crippen molar-refractivity contribution in [3.63, 3.8) is 0 Å². The van der Waals surface area contributed by atoms with E-state index < -0.39 is 0 Å². The lowest BCUT2D eigenvalue weighted by atomic mass is 9.99. The Morgan fingerprint density at radius 3 is 2.33 bits per heavy atom. The Labute approximate surface area is 57.4 Å². The Morgan fingerprint density at radius 1 is 1.44 bits per heavy atom. The minimum absolute atomic E-state index is 0.198. The summed E-state index contributed by atoms with van der Waals surface area (Å²) in [7, 11) is 0. The van der Waals surface area contributed by atoms with Crippen LogP contribution >= 0.6 is 0 Å². The molecule has 0 heterocycles. The lowest BCUT2D eigenvalue weighted by Gasteiger charge is -2.14. The van der Waals surface area contributed by atoms with Crippen LogP contribution < -0.4 is 0 Å². The van der Waals surface area contributed by atoms with Crippen LogP contribution in [0.4, 0.5) is 0 Å². The third-order valence-corrected chi connectivity index (χ3v) is 0.650. The quantitative estimate of drug-likeness (QED) is 0.486. The third kappa shape index (κ3) is 7.36. The molecule has 0 aromatic carbocycles. The van der Waals surface area contributed by atoms with Crippen molar-refractivity contribution in [3.8, 4) is 12.0 Å². The first-order valence-corrected chi connectivity index (χ1v) is 2.95. The fraction of sp³-hybridized carbons (Fsp3) is 0.625. The lowest BCUT2D eigenvalue weighted by molar-refractivity contribution is 0.170. The van der Waals surface area contributed by atoms with E-state index in [2.05, 4.69) is 39.7 Å². The van der Waals surface area contributed by atoms with Crippen molar-refractivity contribution < 1.29 is 4.74 Å². The topological polar surface area (TPSA) is 9.23 Å². The van der Waals surface area contributed by atoms with Crippen LogP contribution in [0.3, 0.4) is 0 Å². The molecule has 0 N–H and O–H groups in total. The lowest BCUT2D eigenvalue weighted by Crippen LogP contribution is -2.12. The van der Waals surface area contributed by atoms with Gasteiger partial charge >= 0.3 is 0 Å². The predicted molar refractivity (Wildman–Crippen MR) is 38.5 cm³/mol. The zero-order valence-electron chi connectivity index (χ0n) is 6.32. The zero-order chi connectivity index (χ0) is 7.33. The summed E-state index contributed by atoms with van der Waals surface area (Å²) >= 11 is 0. The zero-order valence-corrected chi connectivity index (χ0v) is 6.32. The maximum absolute atomic E-state index is 4.92. The molecule has 0 unspecified atom stereocenters. The van der Waals surface area contributed by atoms with E-state index in [1.54, 1.807) is 0 Å². The molecule has 1 nitrogen and oxygen atoms in total. The number of ether oxygens (including phenoxy) is 1. The Bertz CT molecular complexity index is 120. The largest absolute Gasteiger partial charge is 0.446 e. The Hall–Kier alpha value is -0.640. The average Bonchev–Trinajstić information content (AvgIpc) is 1.63. The molecule has 1 heteroatoms. The first kappa shape index (κ1) is 8.36. The van der Waals surface area contributed by atoms with E-state index in [4.69, 9.17) is 4.74 Å². The maximum Gasteiger partial charge on any atom is 0.110 e. The van der Waals surface area contributed by atoms with Gasteiger partial charge in [0.25, 0.3) is 0 Å². The molecule has 1 radical (unpaired) electrons. The van der Waals surface area contributed by atoms with Gasteiger partial charge in [0.05, 0.1) is 0 Å². The van der Waals surface area contributed by atoms with E-state index in [9.17, 15) is 0 Å². The number of hydrogen-bond donors (Lipinski definition) is 0. The fourth-order valence-corrected chi connectivity index (χ4v) is 0.304. The van der Waals surface area contributed by atoms with Crippen LogP contribution in [0.5, 0.6) is 0 Å². The molecule has 0 rings (SSSR count). The molecular weight excluding hydrogens is 112 g/mol. The van der Waals surface area contributed by atoms with Crippen LogP contribution in [0.15, 0.2) is 0 Å². The van der Waals surface area contributed by atoms with Crippen molar-refractivity contribution in [1.82, 2.24) is 0 Å². The van der Waals surface area contributed by atoms with Gasteiger partial charge in [-0.1, -0.05) is 26.7 Å². The van der Waals surface area contributed by atoms with Crippen LogP contribution in [-0.4, -0.2) is 6.61 Å². The van der Waals surface area contributed by atoms with Crippen LogP contribution in [0, 0.1) is 24.4 Å². The van der Waals surface area contributed by atoms with Gasteiger partial charge < -0.3 is 4.74 Å². The molecule has 0 spiro atoms. The fourth-order valence-electron chi connectivity index (χ4n) is 0.304. The highest BCUT2D eigenvalue weighted by atomic mass is 16.5. The minimum atomic E-state index is 0.198. The summed E-state index contributed by atoms with van der Waals surface area (Å²) < 4.78 is 4.92. The summed E-state index contributed by atoms with van der Waals surface area (Å²) in [6.45, 7) is 10.3. The first-order valence-electron chi connectivity index (χ1n) is 2.95. The van der Waals surface area contributed by atoms with E-state index >= 15 is 0 Å². The third-order valence-electron chi connectivity index (χ3n) is 0.650. The Kier molecular flexibility index (Phi) is 3.16. The van der Waals surface area contributed by atoms with Crippen molar-refractivity contribution in [2.75, 3.05) is 6.61 Å². The van der Waals surface area contributed by atoms with Crippen LogP contribution in [0.25, 0.3) is 0 Å². The van der Waals surface area contributed by atoms with Gasteiger partial charge in [0.15, 0.2) is 0 Å². The van der Waals surface area contributed by atoms with E-state index in [0.29, 0.717) is 6.61 Å². The van der Waals surface area contributed by atoms with Crippen LogP contribution in [0.2, 0.25) is 0 Å². The molecular formula is C8H13O. The van der Waals surface area contributed by atoms with Gasteiger partial charge in [0, 0.05) is 6.92 Å². The molecule has 0 saturated heterocycles.